The van der Waals surface area contributed by atoms with Crippen LogP contribution < -0.4 is 5.32 Å². The second-order valence-electron chi connectivity index (χ2n) is 7.52. The first-order valence-electron chi connectivity index (χ1n) is 10.2. The molecule has 0 spiro atoms. The molecule has 0 saturated carbocycles. The Bertz CT molecular complexity index is 552. The average Bonchev–Trinajstić information content (AvgIpc) is 2.70. The van der Waals surface area contributed by atoms with Crippen molar-refractivity contribution in [1.82, 2.24) is 18.8 Å². The fraction of sp³-hybridized carbons (Fsp3) is 0.944. The maximum atomic E-state index is 12.8. The van der Waals surface area contributed by atoms with Gasteiger partial charge in [-0.15, -0.1) is 0 Å². The Kier molecular flexibility index (Phi) is 9.44. The maximum Gasteiger partial charge on any atom is 0.282 e. The van der Waals surface area contributed by atoms with E-state index in [-0.39, 0.29) is 18.4 Å². The van der Waals surface area contributed by atoms with Gasteiger partial charge < -0.3 is 15.0 Å². The summed E-state index contributed by atoms with van der Waals surface area (Å²) < 4.78 is 33.8. The number of carbonyl (C=O) groups is 1. The highest BCUT2D eigenvalue weighted by atomic mass is 32.2. The molecule has 2 aliphatic heterocycles. The lowest BCUT2D eigenvalue weighted by Gasteiger charge is -2.36. The van der Waals surface area contributed by atoms with Crippen molar-refractivity contribution in [3.63, 3.8) is 0 Å². The van der Waals surface area contributed by atoms with Crippen LogP contribution in [0, 0.1) is 5.92 Å². The summed E-state index contributed by atoms with van der Waals surface area (Å²) in [5, 5.41) is 2.99. The predicted octanol–water partition coefficient (Wildman–Crippen LogP) is 0.514. The summed E-state index contributed by atoms with van der Waals surface area (Å²) in [6.45, 7) is 7.29. The maximum absolute atomic E-state index is 12.8. The Balaban J connectivity index is 1.75. The fourth-order valence-corrected chi connectivity index (χ4v) is 5.22. The molecule has 0 unspecified atom stereocenters. The number of rotatable bonds is 10. The summed E-state index contributed by atoms with van der Waals surface area (Å²) in [5.41, 5.74) is 0. The topological polar surface area (TPSA) is 82.2 Å². The summed E-state index contributed by atoms with van der Waals surface area (Å²) in [4.78, 5) is 14.8. The van der Waals surface area contributed by atoms with E-state index in [1.165, 1.54) is 21.5 Å². The summed E-state index contributed by atoms with van der Waals surface area (Å²) in [7, 11) is -1.39. The average molecular weight is 405 g/mol. The normalized spacial score (nSPS) is 22.9. The standard InChI is InChI=1S/C18H36N4O4S/c1-3-4-9-20(2)10-6-8-19-18(23)17-7-5-11-22(16-17)27(24,25)21-12-14-26-15-13-21/h17H,3-16H2,1-2H3,(H,19,23)/t17-/m1/s1. The molecule has 2 aliphatic rings. The lowest BCUT2D eigenvalue weighted by molar-refractivity contribution is -0.126. The Morgan fingerprint density at radius 2 is 1.85 bits per heavy atom. The molecule has 2 saturated heterocycles. The van der Waals surface area contributed by atoms with E-state index in [4.69, 9.17) is 4.74 Å². The summed E-state index contributed by atoms with van der Waals surface area (Å²) in [6, 6.07) is 0. The lowest BCUT2D eigenvalue weighted by Crippen LogP contribution is -2.53. The van der Waals surface area contributed by atoms with Crippen molar-refractivity contribution in [2.75, 3.05) is 66.1 Å². The van der Waals surface area contributed by atoms with Gasteiger partial charge in [0.15, 0.2) is 0 Å². The Hall–Kier alpha value is -0.740. The number of nitrogens with zero attached hydrogens (tertiary/aromatic N) is 3. The van der Waals surface area contributed by atoms with E-state index < -0.39 is 10.2 Å². The van der Waals surface area contributed by atoms with Gasteiger partial charge >= 0.3 is 0 Å². The molecule has 0 aromatic carbocycles. The molecule has 2 rings (SSSR count). The number of morpholine rings is 1. The van der Waals surface area contributed by atoms with Crippen LogP contribution in [0.15, 0.2) is 0 Å². The van der Waals surface area contributed by atoms with Crippen LogP contribution in [0.3, 0.4) is 0 Å². The first-order valence-corrected chi connectivity index (χ1v) is 11.6. The molecule has 0 aliphatic carbocycles. The van der Waals surface area contributed by atoms with Crippen molar-refractivity contribution in [3.05, 3.63) is 0 Å². The number of nitrogens with one attached hydrogen (secondary N) is 1. The van der Waals surface area contributed by atoms with E-state index in [9.17, 15) is 13.2 Å². The van der Waals surface area contributed by atoms with Crippen molar-refractivity contribution in [2.24, 2.45) is 5.92 Å². The van der Waals surface area contributed by atoms with Gasteiger partial charge in [-0.2, -0.15) is 17.0 Å². The van der Waals surface area contributed by atoms with Gasteiger partial charge in [0.1, 0.15) is 0 Å². The minimum Gasteiger partial charge on any atom is -0.379 e. The molecule has 2 fully saturated rings. The quantitative estimate of drug-likeness (QED) is 0.537. The van der Waals surface area contributed by atoms with E-state index in [2.05, 4.69) is 24.2 Å². The van der Waals surface area contributed by atoms with Crippen LogP contribution in [-0.4, -0.2) is 93.9 Å². The molecule has 9 heteroatoms. The minimum absolute atomic E-state index is 0.0203. The highest BCUT2D eigenvalue weighted by Crippen LogP contribution is 2.22. The molecule has 0 aromatic heterocycles. The lowest BCUT2D eigenvalue weighted by atomic mass is 9.99. The monoisotopic (exact) mass is 404 g/mol. The summed E-state index contributed by atoms with van der Waals surface area (Å²) >= 11 is 0. The van der Waals surface area contributed by atoms with Crippen molar-refractivity contribution >= 4 is 16.1 Å². The van der Waals surface area contributed by atoms with Crippen LogP contribution in [0.5, 0.6) is 0 Å². The molecule has 0 bridgehead atoms. The molecular formula is C18H36N4O4S. The molecule has 0 radical (unpaired) electrons. The van der Waals surface area contributed by atoms with Crippen LogP contribution in [-0.2, 0) is 19.7 Å². The Morgan fingerprint density at radius 3 is 2.56 bits per heavy atom. The summed E-state index contributed by atoms with van der Waals surface area (Å²) in [5.74, 6) is -0.277. The summed E-state index contributed by atoms with van der Waals surface area (Å²) in [6.07, 6.45) is 4.76. The number of carbonyl (C=O) groups excluding carboxylic acids is 1. The highest BCUT2D eigenvalue weighted by molar-refractivity contribution is 7.86. The number of amides is 1. The van der Waals surface area contributed by atoms with Crippen LogP contribution in [0.25, 0.3) is 0 Å². The second kappa shape index (κ2) is 11.3. The fourth-order valence-electron chi connectivity index (χ4n) is 3.55. The van der Waals surface area contributed by atoms with Gasteiger partial charge in [0.25, 0.3) is 10.2 Å². The molecule has 0 aromatic rings. The van der Waals surface area contributed by atoms with E-state index >= 15 is 0 Å². The number of hydrogen-bond donors (Lipinski definition) is 1. The van der Waals surface area contributed by atoms with Crippen molar-refractivity contribution < 1.29 is 17.9 Å². The van der Waals surface area contributed by atoms with Crippen LogP contribution in [0.1, 0.15) is 39.0 Å². The van der Waals surface area contributed by atoms with Gasteiger partial charge in [-0.3, -0.25) is 4.79 Å². The molecule has 158 valence electrons. The SMILES string of the molecule is CCCCN(C)CCCNC(=O)[C@@H]1CCCN(S(=O)(=O)N2CCOCC2)C1. The Morgan fingerprint density at radius 1 is 1.15 bits per heavy atom. The van der Waals surface area contributed by atoms with E-state index in [1.807, 2.05) is 0 Å². The first-order chi connectivity index (χ1) is 12.9. The van der Waals surface area contributed by atoms with Gasteiger partial charge in [0, 0.05) is 32.7 Å². The number of ether oxygens (including phenoxy) is 1. The molecule has 2 heterocycles. The second-order valence-corrected chi connectivity index (χ2v) is 9.45. The van der Waals surface area contributed by atoms with Gasteiger partial charge in [-0.05, 0) is 45.8 Å². The number of unbranched alkanes of at least 4 members (excludes halogenated alkanes) is 1. The van der Waals surface area contributed by atoms with Crippen LogP contribution in [0.4, 0.5) is 0 Å². The third-order valence-corrected chi connectivity index (χ3v) is 7.29. The zero-order valence-corrected chi connectivity index (χ0v) is 17.7. The minimum atomic E-state index is -3.50. The van der Waals surface area contributed by atoms with Crippen LogP contribution >= 0.6 is 0 Å². The van der Waals surface area contributed by atoms with Gasteiger partial charge in [-0.1, -0.05) is 13.3 Å². The smallest absolute Gasteiger partial charge is 0.282 e. The van der Waals surface area contributed by atoms with E-state index in [1.54, 1.807) is 0 Å². The highest BCUT2D eigenvalue weighted by Gasteiger charge is 2.36. The van der Waals surface area contributed by atoms with Gasteiger partial charge in [-0.25, -0.2) is 0 Å². The predicted molar refractivity (Wildman–Crippen MR) is 106 cm³/mol. The van der Waals surface area contributed by atoms with E-state index in [0.29, 0.717) is 39.4 Å². The van der Waals surface area contributed by atoms with Crippen molar-refractivity contribution in [1.29, 1.82) is 0 Å². The zero-order chi connectivity index (χ0) is 19.7. The van der Waals surface area contributed by atoms with Crippen molar-refractivity contribution in [3.8, 4) is 0 Å². The largest absolute Gasteiger partial charge is 0.379 e. The van der Waals surface area contributed by atoms with Gasteiger partial charge in [0.05, 0.1) is 19.1 Å². The molecular weight excluding hydrogens is 368 g/mol. The molecule has 8 nitrogen and oxygen atoms in total. The molecule has 1 atom stereocenters. The van der Waals surface area contributed by atoms with Crippen molar-refractivity contribution in [2.45, 2.75) is 39.0 Å². The number of piperidine rings is 1. The third-order valence-electron chi connectivity index (χ3n) is 5.29. The zero-order valence-electron chi connectivity index (χ0n) is 16.9. The van der Waals surface area contributed by atoms with E-state index in [0.717, 1.165) is 32.4 Å². The first kappa shape index (κ1) is 22.5. The Labute approximate surface area is 164 Å². The van der Waals surface area contributed by atoms with Gasteiger partial charge in [0.2, 0.25) is 5.91 Å². The number of hydrogen-bond acceptors (Lipinski definition) is 5. The third kappa shape index (κ3) is 6.98. The van der Waals surface area contributed by atoms with Crippen LogP contribution in [0.2, 0.25) is 0 Å². The molecule has 1 N–H and O–H groups in total. The molecule has 27 heavy (non-hydrogen) atoms. The molecule has 1 amide bonds.